The molecular weight excluding hydrogens is 234 g/mol. The molecular formula is C16H27N3. The maximum Gasteiger partial charge on any atom is 0.129 e. The fourth-order valence-electron chi connectivity index (χ4n) is 2.53. The number of aryl methyl sites for hydroxylation is 2. The van der Waals surface area contributed by atoms with Crippen LogP contribution in [0.5, 0.6) is 0 Å². The average Bonchev–Trinajstić information content (AvgIpc) is 3.27. The highest BCUT2D eigenvalue weighted by molar-refractivity contribution is 5.44. The summed E-state index contributed by atoms with van der Waals surface area (Å²) in [7, 11) is 4.21. The van der Waals surface area contributed by atoms with Crippen LogP contribution in [0.4, 0.5) is 5.82 Å². The Balaban J connectivity index is 1.75. The summed E-state index contributed by atoms with van der Waals surface area (Å²) >= 11 is 0. The lowest BCUT2D eigenvalue weighted by atomic mass is 10.1. The largest absolute Gasteiger partial charge is 0.373 e. The highest BCUT2D eigenvalue weighted by Gasteiger charge is 2.25. The Kier molecular flexibility index (Phi) is 5.20. The lowest BCUT2D eigenvalue weighted by Crippen LogP contribution is -2.21. The Morgan fingerprint density at radius 1 is 1.32 bits per heavy atom. The van der Waals surface area contributed by atoms with Crippen LogP contribution < -0.4 is 5.32 Å². The third kappa shape index (κ3) is 4.20. The molecule has 0 spiro atoms. The molecule has 3 heteroatoms. The summed E-state index contributed by atoms with van der Waals surface area (Å²) in [6.45, 7) is 3.40. The lowest BCUT2D eigenvalue weighted by Gasteiger charge is -2.15. The Hall–Kier alpha value is -1.09. The number of nitrogens with zero attached hydrogens (tertiary/aromatic N) is 2. The van der Waals surface area contributed by atoms with E-state index in [1.54, 1.807) is 0 Å². The molecule has 0 radical (unpaired) electrons. The minimum absolute atomic E-state index is 0.887. The molecule has 3 nitrogen and oxygen atoms in total. The van der Waals surface area contributed by atoms with E-state index in [9.17, 15) is 0 Å². The summed E-state index contributed by atoms with van der Waals surface area (Å²) in [6, 6.07) is 5.28. The molecule has 106 valence electrons. The van der Waals surface area contributed by atoms with Gasteiger partial charge in [-0.2, -0.15) is 0 Å². The van der Waals surface area contributed by atoms with Crippen molar-refractivity contribution in [2.24, 2.45) is 0 Å². The summed E-state index contributed by atoms with van der Waals surface area (Å²) in [5.74, 6) is 1.05. The van der Waals surface area contributed by atoms with E-state index < -0.39 is 0 Å². The predicted molar refractivity (Wildman–Crippen MR) is 81.8 cm³/mol. The molecule has 0 aliphatic heterocycles. The van der Waals surface area contributed by atoms with Crippen molar-refractivity contribution in [2.45, 2.75) is 51.5 Å². The number of pyridine rings is 1. The molecule has 1 aromatic rings. The van der Waals surface area contributed by atoms with Crippen LogP contribution in [0.25, 0.3) is 0 Å². The summed E-state index contributed by atoms with van der Waals surface area (Å²) in [5, 5.41) is 3.20. The van der Waals surface area contributed by atoms with Crippen LogP contribution in [-0.2, 0) is 12.8 Å². The molecule has 1 fully saturated rings. The smallest absolute Gasteiger partial charge is 0.129 e. The van der Waals surface area contributed by atoms with Crippen molar-refractivity contribution in [1.29, 1.82) is 0 Å². The van der Waals surface area contributed by atoms with Crippen LogP contribution in [0.2, 0.25) is 0 Å². The zero-order valence-corrected chi connectivity index (χ0v) is 12.6. The third-order valence-corrected chi connectivity index (χ3v) is 4.02. The van der Waals surface area contributed by atoms with E-state index >= 15 is 0 Å². The second kappa shape index (κ2) is 6.90. The quantitative estimate of drug-likeness (QED) is 0.729. The normalized spacial score (nSPS) is 14.9. The molecule has 0 aromatic carbocycles. The van der Waals surface area contributed by atoms with E-state index in [2.05, 4.69) is 36.3 Å². The van der Waals surface area contributed by atoms with E-state index in [-0.39, 0.29) is 0 Å². The van der Waals surface area contributed by atoms with Crippen molar-refractivity contribution in [3.05, 3.63) is 23.4 Å². The van der Waals surface area contributed by atoms with Crippen molar-refractivity contribution in [2.75, 3.05) is 26.0 Å². The molecule has 0 unspecified atom stereocenters. The molecule has 1 heterocycles. The van der Waals surface area contributed by atoms with E-state index in [4.69, 9.17) is 4.98 Å². The first-order chi connectivity index (χ1) is 9.24. The molecule has 2 rings (SSSR count). The Morgan fingerprint density at radius 3 is 2.74 bits per heavy atom. The number of aromatic nitrogens is 1. The number of hydrogen-bond acceptors (Lipinski definition) is 3. The van der Waals surface area contributed by atoms with Crippen LogP contribution in [-0.4, -0.2) is 36.6 Å². The molecule has 0 bridgehead atoms. The summed E-state index contributed by atoms with van der Waals surface area (Å²) < 4.78 is 0. The molecule has 0 amide bonds. The third-order valence-electron chi connectivity index (χ3n) is 4.02. The van der Waals surface area contributed by atoms with Gasteiger partial charge in [-0.1, -0.05) is 13.0 Å². The Labute approximate surface area is 117 Å². The van der Waals surface area contributed by atoms with Crippen molar-refractivity contribution in [3.8, 4) is 0 Å². The molecule has 19 heavy (non-hydrogen) atoms. The minimum Gasteiger partial charge on any atom is -0.373 e. The number of anilines is 1. The van der Waals surface area contributed by atoms with Gasteiger partial charge in [0.1, 0.15) is 5.82 Å². The highest BCUT2D eigenvalue weighted by atomic mass is 15.1. The first-order valence-electron chi connectivity index (χ1n) is 7.61. The Morgan fingerprint density at radius 2 is 2.11 bits per heavy atom. The molecule has 0 atom stereocenters. The average molecular weight is 261 g/mol. The van der Waals surface area contributed by atoms with Crippen LogP contribution in [0.1, 0.15) is 43.9 Å². The van der Waals surface area contributed by atoms with Crippen LogP contribution in [0.15, 0.2) is 12.1 Å². The van der Waals surface area contributed by atoms with Gasteiger partial charge in [-0.05, 0) is 63.7 Å². The van der Waals surface area contributed by atoms with Gasteiger partial charge in [0.2, 0.25) is 0 Å². The van der Waals surface area contributed by atoms with E-state index in [1.807, 2.05) is 7.05 Å². The van der Waals surface area contributed by atoms with Crippen molar-refractivity contribution in [1.82, 2.24) is 9.88 Å². The number of rotatable bonds is 8. The SMILES string of the molecule is CCc1ccc(CCCCN(C)C2CC2)nc1NC. The first kappa shape index (κ1) is 14.3. The summed E-state index contributed by atoms with van der Waals surface area (Å²) in [6.07, 6.45) is 7.45. The molecule has 1 aliphatic rings. The molecule has 1 aliphatic carbocycles. The van der Waals surface area contributed by atoms with Gasteiger partial charge in [-0.25, -0.2) is 4.98 Å². The van der Waals surface area contributed by atoms with E-state index in [0.717, 1.165) is 24.7 Å². The highest BCUT2D eigenvalue weighted by Crippen LogP contribution is 2.25. The summed E-state index contributed by atoms with van der Waals surface area (Å²) in [5.41, 5.74) is 2.52. The van der Waals surface area contributed by atoms with Gasteiger partial charge in [0.05, 0.1) is 0 Å². The molecule has 1 N–H and O–H groups in total. The minimum atomic E-state index is 0.887. The first-order valence-corrected chi connectivity index (χ1v) is 7.61. The van der Waals surface area contributed by atoms with Gasteiger partial charge in [-0.3, -0.25) is 0 Å². The predicted octanol–water partition coefficient (Wildman–Crippen LogP) is 3.10. The topological polar surface area (TPSA) is 28.2 Å². The van der Waals surface area contributed by atoms with Gasteiger partial charge in [0.25, 0.3) is 0 Å². The second-order valence-electron chi connectivity index (χ2n) is 5.58. The van der Waals surface area contributed by atoms with Crippen LogP contribution in [0.3, 0.4) is 0 Å². The van der Waals surface area contributed by atoms with Crippen LogP contribution in [0, 0.1) is 0 Å². The lowest BCUT2D eigenvalue weighted by molar-refractivity contribution is 0.316. The second-order valence-corrected chi connectivity index (χ2v) is 5.58. The van der Waals surface area contributed by atoms with Crippen molar-refractivity contribution in [3.63, 3.8) is 0 Å². The van der Waals surface area contributed by atoms with E-state index in [0.29, 0.717) is 0 Å². The Bertz CT molecular complexity index is 399. The monoisotopic (exact) mass is 261 g/mol. The van der Waals surface area contributed by atoms with Gasteiger partial charge in [0.15, 0.2) is 0 Å². The number of unbranched alkanes of at least 4 members (excludes halogenated alkanes) is 1. The van der Waals surface area contributed by atoms with Crippen LogP contribution >= 0.6 is 0 Å². The number of hydrogen-bond donors (Lipinski definition) is 1. The van der Waals surface area contributed by atoms with Gasteiger partial charge in [-0.15, -0.1) is 0 Å². The number of nitrogens with one attached hydrogen (secondary N) is 1. The maximum absolute atomic E-state index is 4.70. The zero-order chi connectivity index (χ0) is 13.7. The maximum atomic E-state index is 4.70. The van der Waals surface area contributed by atoms with Gasteiger partial charge >= 0.3 is 0 Å². The fraction of sp³-hybridized carbons (Fsp3) is 0.688. The van der Waals surface area contributed by atoms with Gasteiger partial charge in [0, 0.05) is 18.8 Å². The standard InChI is InChI=1S/C16H27N3/c1-4-13-8-9-14(18-16(13)17-2)7-5-6-12-19(3)15-10-11-15/h8-9,15H,4-7,10-12H2,1-3H3,(H,17,18). The zero-order valence-electron chi connectivity index (χ0n) is 12.6. The van der Waals surface area contributed by atoms with Gasteiger partial charge < -0.3 is 10.2 Å². The van der Waals surface area contributed by atoms with Crippen molar-refractivity contribution < 1.29 is 0 Å². The van der Waals surface area contributed by atoms with E-state index in [1.165, 1.54) is 43.5 Å². The molecule has 1 aromatic heterocycles. The summed E-state index contributed by atoms with van der Waals surface area (Å²) in [4.78, 5) is 7.21. The molecule has 0 saturated heterocycles. The fourth-order valence-corrected chi connectivity index (χ4v) is 2.53. The molecule has 1 saturated carbocycles. The van der Waals surface area contributed by atoms with Crippen molar-refractivity contribution >= 4 is 5.82 Å².